The first-order valence-electron chi connectivity index (χ1n) is 9.56. The Bertz CT molecular complexity index is 649. The molecule has 2 aliphatic heterocycles. The van der Waals surface area contributed by atoms with Crippen LogP contribution in [0.1, 0.15) is 50.7 Å². The number of esters is 1. The van der Waals surface area contributed by atoms with E-state index in [0.29, 0.717) is 42.4 Å². The Morgan fingerprint density at radius 3 is 2.76 bits per heavy atom. The van der Waals surface area contributed by atoms with Crippen molar-refractivity contribution in [2.45, 2.75) is 63.5 Å². The first kappa shape index (κ1) is 18.7. The van der Waals surface area contributed by atoms with Crippen molar-refractivity contribution in [1.82, 2.24) is 4.90 Å². The van der Waals surface area contributed by atoms with Crippen LogP contribution in [0.2, 0.25) is 0 Å². The second-order valence-corrected chi connectivity index (χ2v) is 8.01. The first-order valence-corrected chi connectivity index (χ1v) is 9.56. The Kier molecular flexibility index (Phi) is 5.18. The van der Waals surface area contributed by atoms with Crippen molar-refractivity contribution in [3.8, 4) is 0 Å². The zero-order valence-electron chi connectivity index (χ0n) is 15.5. The number of carbonyl (C=O) groups is 1. The van der Waals surface area contributed by atoms with E-state index in [1.54, 1.807) is 11.1 Å². The normalized spacial score (nSPS) is 35.6. The third kappa shape index (κ3) is 2.71. The average molecular weight is 364 g/mol. The maximum absolute atomic E-state index is 11.6. The lowest BCUT2D eigenvalue weighted by molar-refractivity contribution is -0.152. The van der Waals surface area contributed by atoms with E-state index >= 15 is 0 Å². The van der Waals surface area contributed by atoms with E-state index in [-0.39, 0.29) is 18.4 Å². The van der Waals surface area contributed by atoms with Gasteiger partial charge in [-0.05, 0) is 49.8 Å². The van der Waals surface area contributed by atoms with Crippen LogP contribution in [0.4, 0.5) is 0 Å². The van der Waals surface area contributed by atoms with Gasteiger partial charge in [0, 0.05) is 29.8 Å². The summed E-state index contributed by atoms with van der Waals surface area (Å²) < 4.78 is 5.52. The molecule has 2 heterocycles. The Morgan fingerprint density at radius 1 is 1.28 bits per heavy atom. The molecule has 0 N–H and O–H groups in total. The molecule has 0 spiro atoms. The van der Waals surface area contributed by atoms with E-state index in [2.05, 4.69) is 43.1 Å². The van der Waals surface area contributed by atoms with Crippen LogP contribution in [0, 0.1) is 11.8 Å². The summed E-state index contributed by atoms with van der Waals surface area (Å²) in [6, 6.07) is 10.3. The monoisotopic (exact) mass is 363 g/mol. The highest BCUT2D eigenvalue weighted by molar-refractivity contribution is 5.85. The summed E-state index contributed by atoms with van der Waals surface area (Å²) in [6.07, 6.45) is 5.30. The third-order valence-electron chi connectivity index (χ3n) is 7.26. The molecular formula is C21H30ClNO2. The first-order chi connectivity index (χ1) is 11.6. The van der Waals surface area contributed by atoms with E-state index in [0.717, 1.165) is 0 Å². The van der Waals surface area contributed by atoms with Gasteiger partial charge < -0.3 is 4.74 Å². The van der Waals surface area contributed by atoms with Crippen molar-refractivity contribution in [3.05, 3.63) is 35.4 Å². The van der Waals surface area contributed by atoms with Crippen molar-refractivity contribution in [1.29, 1.82) is 0 Å². The zero-order chi connectivity index (χ0) is 16.9. The number of carbonyl (C=O) groups excluding carboxylic acids is 1. The zero-order valence-corrected chi connectivity index (χ0v) is 16.3. The van der Waals surface area contributed by atoms with Gasteiger partial charge in [0.15, 0.2) is 0 Å². The molecule has 4 aliphatic rings. The van der Waals surface area contributed by atoms with Gasteiger partial charge in [-0.25, -0.2) is 0 Å². The van der Waals surface area contributed by atoms with Crippen LogP contribution in [0.5, 0.6) is 0 Å². The minimum absolute atomic E-state index is 0. The summed E-state index contributed by atoms with van der Waals surface area (Å²) in [7, 11) is 2.30. The SMILES string of the molecule is CCC(=O)OCC1CC2C3Cc4ccccc4C2(CC)CC1N3C.Cl. The van der Waals surface area contributed by atoms with E-state index in [1.807, 2.05) is 6.92 Å². The van der Waals surface area contributed by atoms with Crippen LogP contribution in [0.25, 0.3) is 0 Å². The highest BCUT2D eigenvalue weighted by atomic mass is 35.5. The molecule has 1 aromatic carbocycles. The maximum atomic E-state index is 11.6. The van der Waals surface area contributed by atoms with E-state index < -0.39 is 0 Å². The highest BCUT2D eigenvalue weighted by Crippen LogP contribution is 2.59. The Labute approximate surface area is 157 Å². The molecule has 5 unspecified atom stereocenters. The molecule has 138 valence electrons. The minimum Gasteiger partial charge on any atom is -0.465 e. The van der Waals surface area contributed by atoms with Crippen LogP contribution in [0.3, 0.4) is 0 Å². The number of benzene rings is 1. The smallest absolute Gasteiger partial charge is 0.305 e. The summed E-state index contributed by atoms with van der Waals surface area (Å²) in [5, 5.41) is 0. The Morgan fingerprint density at radius 2 is 2.04 bits per heavy atom. The summed E-state index contributed by atoms with van der Waals surface area (Å²) in [4.78, 5) is 14.2. The standard InChI is InChI=1S/C21H29NO2.ClH/c1-4-20(23)24-13-15-10-17-18-11-14-8-6-7-9-16(14)21(17,5-2)12-19(15)22(18)3;/h6-9,15,17-19H,4-5,10-13H2,1-3H3;1H. The number of halogens is 1. The fourth-order valence-corrected chi connectivity index (χ4v) is 6.02. The molecule has 0 radical (unpaired) electrons. The lowest BCUT2D eigenvalue weighted by Gasteiger charge is -2.65. The summed E-state index contributed by atoms with van der Waals surface area (Å²) in [6.45, 7) is 4.84. The molecule has 4 heteroatoms. The van der Waals surface area contributed by atoms with Crippen LogP contribution in [-0.2, 0) is 21.4 Å². The van der Waals surface area contributed by atoms with Crippen LogP contribution in [-0.4, -0.2) is 36.6 Å². The summed E-state index contributed by atoms with van der Waals surface area (Å²) >= 11 is 0. The van der Waals surface area contributed by atoms with Crippen LogP contribution < -0.4 is 0 Å². The predicted octanol–water partition coefficient (Wildman–Crippen LogP) is 3.97. The molecule has 3 fully saturated rings. The van der Waals surface area contributed by atoms with Gasteiger partial charge in [-0.3, -0.25) is 9.69 Å². The predicted molar refractivity (Wildman–Crippen MR) is 102 cm³/mol. The quantitative estimate of drug-likeness (QED) is 0.758. The van der Waals surface area contributed by atoms with Gasteiger partial charge in [0.05, 0.1) is 6.61 Å². The summed E-state index contributed by atoms with van der Waals surface area (Å²) in [5.74, 6) is 1.13. The Balaban J connectivity index is 0.00000182. The minimum atomic E-state index is -0.0603. The van der Waals surface area contributed by atoms with E-state index in [4.69, 9.17) is 4.74 Å². The molecule has 2 aliphatic carbocycles. The van der Waals surface area contributed by atoms with Crippen molar-refractivity contribution in [2.75, 3.05) is 13.7 Å². The van der Waals surface area contributed by atoms with Crippen LogP contribution >= 0.6 is 12.4 Å². The summed E-state index contributed by atoms with van der Waals surface area (Å²) in [5.41, 5.74) is 3.50. The van der Waals surface area contributed by atoms with Gasteiger partial charge in [0.1, 0.15) is 0 Å². The van der Waals surface area contributed by atoms with Gasteiger partial charge in [-0.15, -0.1) is 12.4 Å². The third-order valence-corrected chi connectivity index (χ3v) is 7.26. The largest absolute Gasteiger partial charge is 0.465 e. The number of likely N-dealkylation sites (N-methyl/N-ethyl adjacent to an activating group) is 1. The molecule has 2 saturated heterocycles. The van der Waals surface area contributed by atoms with Crippen molar-refractivity contribution in [3.63, 3.8) is 0 Å². The molecule has 5 rings (SSSR count). The number of fused-ring (bicyclic) bond motifs is 2. The fourth-order valence-electron chi connectivity index (χ4n) is 6.02. The molecule has 1 saturated carbocycles. The topological polar surface area (TPSA) is 29.5 Å². The number of nitrogens with zero attached hydrogens (tertiary/aromatic N) is 1. The van der Waals surface area contributed by atoms with Crippen molar-refractivity contribution >= 4 is 18.4 Å². The second-order valence-electron chi connectivity index (χ2n) is 8.01. The van der Waals surface area contributed by atoms with Crippen molar-refractivity contribution < 1.29 is 9.53 Å². The molecular weight excluding hydrogens is 334 g/mol. The lowest BCUT2D eigenvalue weighted by Crippen LogP contribution is -2.68. The lowest BCUT2D eigenvalue weighted by atomic mass is 9.48. The van der Waals surface area contributed by atoms with E-state index in [1.165, 1.54) is 25.7 Å². The van der Waals surface area contributed by atoms with E-state index in [9.17, 15) is 4.79 Å². The number of rotatable bonds is 4. The number of hydrogen-bond donors (Lipinski definition) is 0. The molecule has 0 aromatic heterocycles. The molecule has 5 atom stereocenters. The number of ether oxygens (including phenoxy) is 1. The molecule has 25 heavy (non-hydrogen) atoms. The van der Waals surface area contributed by atoms with Crippen molar-refractivity contribution in [2.24, 2.45) is 11.8 Å². The molecule has 3 nitrogen and oxygen atoms in total. The Hall–Kier alpha value is -1.06. The number of hydrogen-bond acceptors (Lipinski definition) is 3. The van der Waals surface area contributed by atoms with Gasteiger partial charge in [0.25, 0.3) is 0 Å². The van der Waals surface area contributed by atoms with Gasteiger partial charge in [0.2, 0.25) is 0 Å². The van der Waals surface area contributed by atoms with Crippen LogP contribution in [0.15, 0.2) is 24.3 Å². The second kappa shape index (κ2) is 6.92. The number of piperidine rings is 2. The average Bonchev–Trinajstić information content (AvgIpc) is 2.62. The highest BCUT2D eigenvalue weighted by Gasteiger charge is 2.59. The fraction of sp³-hybridized carbons (Fsp3) is 0.667. The molecule has 4 bridgehead atoms. The maximum Gasteiger partial charge on any atom is 0.305 e. The van der Waals surface area contributed by atoms with Gasteiger partial charge in [-0.2, -0.15) is 0 Å². The van der Waals surface area contributed by atoms with Gasteiger partial charge >= 0.3 is 5.97 Å². The van der Waals surface area contributed by atoms with Gasteiger partial charge in [-0.1, -0.05) is 38.1 Å². The molecule has 1 aromatic rings. The molecule has 0 amide bonds.